The van der Waals surface area contributed by atoms with Crippen molar-refractivity contribution in [3.05, 3.63) is 35.4 Å². The van der Waals surface area contributed by atoms with Gasteiger partial charge in [0.05, 0.1) is 6.54 Å². The molecule has 2 heteroatoms. The molecule has 0 saturated heterocycles. The van der Waals surface area contributed by atoms with E-state index in [0.717, 1.165) is 12.0 Å². The molecule has 1 aromatic rings. The third-order valence-corrected chi connectivity index (χ3v) is 1.85. The van der Waals surface area contributed by atoms with Crippen LogP contribution in [-0.2, 0) is 6.42 Å². The molecule has 0 aliphatic rings. The normalized spacial score (nSPS) is 11.6. The van der Waals surface area contributed by atoms with E-state index in [0.29, 0.717) is 6.54 Å². The van der Waals surface area contributed by atoms with Gasteiger partial charge in [-0.3, -0.25) is 0 Å². The Morgan fingerprint density at radius 3 is 2.43 bits per heavy atom. The van der Waals surface area contributed by atoms with Gasteiger partial charge in [-0.05, 0) is 31.0 Å². The van der Waals surface area contributed by atoms with Gasteiger partial charge in [0.15, 0.2) is 0 Å². The first-order chi connectivity index (χ1) is 6.72. The summed E-state index contributed by atoms with van der Waals surface area (Å²) in [5, 5.41) is 0. The van der Waals surface area contributed by atoms with Crippen LogP contribution in [0.25, 0.3) is 0 Å². The fourth-order valence-corrected chi connectivity index (χ4v) is 1.25. The van der Waals surface area contributed by atoms with E-state index in [1.54, 1.807) is 0 Å². The molecule has 1 rings (SSSR count). The van der Waals surface area contributed by atoms with Crippen LogP contribution in [0.3, 0.4) is 0 Å². The van der Waals surface area contributed by atoms with Crippen molar-refractivity contribution in [1.82, 2.24) is 0 Å². The van der Waals surface area contributed by atoms with Gasteiger partial charge in [0.2, 0.25) is 0 Å². The smallest absolute Gasteiger partial charge is 0.0555 e. The zero-order valence-electron chi connectivity index (χ0n) is 8.46. The highest BCUT2D eigenvalue weighted by atomic mass is 14.6. The molecule has 0 fully saturated rings. The summed E-state index contributed by atoms with van der Waals surface area (Å²) in [4.78, 5) is 0. The van der Waals surface area contributed by atoms with Gasteiger partial charge in [0.25, 0.3) is 0 Å². The molecule has 74 valence electrons. The van der Waals surface area contributed by atoms with Gasteiger partial charge in [-0.1, -0.05) is 24.0 Å². The van der Waals surface area contributed by atoms with E-state index in [-0.39, 0.29) is 6.04 Å². The van der Waals surface area contributed by atoms with E-state index in [1.165, 1.54) is 5.56 Å². The third kappa shape index (κ3) is 3.61. The predicted molar refractivity (Wildman–Crippen MR) is 59.7 cm³/mol. The van der Waals surface area contributed by atoms with Gasteiger partial charge in [-0.15, -0.1) is 0 Å². The van der Waals surface area contributed by atoms with Crippen molar-refractivity contribution >= 4 is 0 Å². The van der Waals surface area contributed by atoms with Gasteiger partial charge >= 0.3 is 0 Å². The van der Waals surface area contributed by atoms with Crippen LogP contribution in [0.5, 0.6) is 0 Å². The van der Waals surface area contributed by atoms with Crippen molar-refractivity contribution in [2.45, 2.75) is 19.4 Å². The Kier molecular flexibility index (Phi) is 4.18. The average Bonchev–Trinajstić information content (AvgIpc) is 2.16. The van der Waals surface area contributed by atoms with E-state index >= 15 is 0 Å². The first kappa shape index (κ1) is 10.8. The minimum absolute atomic E-state index is 0.205. The lowest BCUT2D eigenvalue weighted by Crippen LogP contribution is -2.17. The molecular formula is C12H16N2. The second kappa shape index (κ2) is 5.43. The number of rotatable bonds is 2. The maximum absolute atomic E-state index is 5.70. The summed E-state index contributed by atoms with van der Waals surface area (Å²) in [6, 6.07) is 8.32. The standard InChI is InChI=1S/C12H16N2/c1-10(14)9-12-6-4-11(5-7-12)3-2-8-13/h4-7,10H,8-9,13-14H2,1H3. The lowest BCUT2D eigenvalue weighted by molar-refractivity contribution is 0.738. The van der Waals surface area contributed by atoms with E-state index in [4.69, 9.17) is 11.5 Å². The first-order valence-electron chi connectivity index (χ1n) is 4.76. The van der Waals surface area contributed by atoms with Crippen molar-refractivity contribution in [3.8, 4) is 11.8 Å². The zero-order valence-corrected chi connectivity index (χ0v) is 8.46. The fraction of sp³-hybridized carbons (Fsp3) is 0.333. The minimum atomic E-state index is 0.205. The van der Waals surface area contributed by atoms with E-state index in [9.17, 15) is 0 Å². The second-order valence-corrected chi connectivity index (χ2v) is 3.38. The largest absolute Gasteiger partial charge is 0.328 e. The predicted octanol–water partition coefficient (Wildman–Crippen LogP) is 0.886. The molecule has 0 amide bonds. The van der Waals surface area contributed by atoms with Crippen LogP contribution >= 0.6 is 0 Å². The molecule has 2 nitrogen and oxygen atoms in total. The zero-order chi connectivity index (χ0) is 10.4. The van der Waals surface area contributed by atoms with Crippen LogP contribution in [0.2, 0.25) is 0 Å². The average molecular weight is 188 g/mol. The Hall–Kier alpha value is -1.30. The molecule has 0 spiro atoms. The van der Waals surface area contributed by atoms with Crippen molar-refractivity contribution in [2.24, 2.45) is 11.5 Å². The highest BCUT2D eigenvalue weighted by Crippen LogP contribution is 2.05. The Bertz CT molecular complexity index is 328. The Labute approximate surface area is 85.3 Å². The Morgan fingerprint density at radius 2 is 1.93 bits per heavy atom. The summed E-state index contributed by atoms with van der Waals surface area (Å²) in [5.74, 6) is 5.80. The molecule has 1 aromatic carbocycles. The molecular weight excluding hydrogens is 172 g/mol. The third-order valence-electron chi connectivity index (χ3n) is 1.85. The molecule has 0 heterocycles. The lowest BCUT2D eigenvalue weighted by atomic mass is 10.1. The molecule has 4 N–H and O–H groups in total. The SMILES string of the molecule is CC(N)Cc1ccc(C#CCN)cc1. The monoisotopic (exact) mass is 188 g/mol. The molecule has 1 atom stereocenters. The van der Waals surface area contributed by atoms with Gasteiger partial charge in [-0.2, -0.15) is 0 Å². The summed E-state index contributed by atoms with van der Waals surface area (Å²) >= 11 is 0. The molecule has 0 bridgehead atoms. The van der Waals surface area contributed by atoms with E-state index in [1.807, 2.05) is 19.1 Å². The summed E-state index contributed by atoms with van der Waals surface area (Å²) in [7, 11) is 0. The molecule has 14 heavy (non-hydrogen) atoms. The van der Waals surface area contributed by atoms with Crippen LogP contribution in [0.4, 0.5) is 0 Å². The van der Waals surface area contributed by atoms with Crippen LogP contribution in [0.15, 0.2) is 24.3 Å². The van der Waals surface area contributed by atoms with Crippen LogP contribution in [0.1, 0.15) is 18.1 Å². The van der Waals surface area contributed by atoms with Gasteiger partial charge in [0.1, 0.15) is 0 Å². The number of nitrogens with two attached hydrogens (primary N) is 2. The molecule has 1 unspecified atom stereocenters. The topological polar surface area (TPSA) is 52.0 Å². The molecule has 0 saturated carbocycles. The Morgan fingerprint density at radius 1 is 1.29 bits per heavy atom. The molecule has 0 aliphatic heterocycles. The van der Waals surface area contributed by atoms with E-state index < -0.39 is 0 Å². The van der Waals surface area contributed by atoms with Gasteiger partial charge < -0.3 is 11.5 Å². The van der Waals surface area contributed by atoms with Gasteiger partial charge in [-0.25, -0.2) is 0 Å². The quantitative estimate of drug-likeness (QED) is 0.677. The fourth-order valence-electron chi connectivity index (χ4n) is 1.25. The summed E-state index contributed by atoms with van der Waals surface area (Å²) < 4.78 is 0. The van der Waals surface area contributed by atoms with Crippen molar-refractivity contribution in [3.63, 3.8) is 0 Å². The van der Waals surface area contributed by atoms with E-state index in [2.05, 4.69) is 24.0 Å². The minimum Gasteiger partial charge on any atom is -0.328 e. The number of hydrogen-bond acceptors (Lipinski definition) is 2. The lowest BCUT2D eigenvalue weighted by Gasteiger charge is -2.04. The van der Waals surface area contributed by atoms with Crippen LogP contribution in [0, 0.1) is 11.8 Å². The van der Waals surface area contributed by atoms with Crippen molar-refractivity contribution in [2.75, 3.05) is 6.54 Å². The van der Waals surface area contributed by atoms with Crippen LogP contribution < -0.4 is 11.5 Å². The van der Waals surface area contributed by atoms with Gasteiger partial charge in [0, 0.05) is 11.6 Å². The number of benzene rings is 1. The summed E-state index contributed by atoms with van der Waals surface area (Å²) in [5.41, 5.74) is 13.2. The summed E-state index contributed by atoms with van der Waals surface area (Å²) in [6.07, 6.45) is 0.907. The van der Waals surface area contributed by atoms with Crippen LogP contribution in [-0.4, -0.2) is 12.6 Å². The molecule has 0 radical (unpaired) electrons. The highest BCUT2D eigenvalue weighted by molar-refractivity contribution is 5.36. The second-order valence-electron chi connectivity index (χ2n) is 3.38. The highest BCUT2D eigenvalue weighted by Gasteiger charge is 1.96. The maximum Gasteiger partial charge on any atom is 0.0555 e. The first-order valence-corrected chi connectivity index (χ1v) is 4.76. The van der Waals surface area contributed by atoms with Crippen molar-refractivity contribution in [1.29, 1.82) is 0 Å². The Balaban J connectivity index is 2.68. The maximum atomic E-state index is 5.70. The van der Waals surface area contributed by atoms with Crippen molar-refractivity contribution < 1.29 is 0 Å². The number of hydrogen-bond donors (Lipinski definition) is 2. The molecule has 0 aromatic heterocycles. The summed E-state index contributed by atoms with van der Waals surface area (Å²) in [6.45, 7) is 2.41. The molecule has 0 aliphatic carbocycles.